The monoisotopic (exact) mass is 304 g/mol. The predicted molar refractivity (Wildman–Crippen MR) is 82.8 cm³/mol. The van der Waals surface area contributed by atoms with Gasteiger partial charge in [-0.1, -0.05) is 13.3 Å². The molecule has 0 spiro atoms. The van der Waals surface area contributed by atoms with Gasteiger partial charge in [0.2, 0.25) is 5.91 Å². The van der Waals surface area contributed by atoms with E-state index < -0.39 is 0 Å². The summed E-state index contributed by atoms with van der Waals surface area (Å²) in [5.41, 5.74) is 1.49. The highest BCUT2D eigenvalue weighted by Gasteiger charge is 2.34. The number of nitrogens with zero attached hydrogens (tertiary/aromatic N) is 1. The van der Waals surface area contributed by atoms with Crippen molar-refractivity contribution in [3.8, 4) is 11.5 Å². The lowest BCUT2D eigenvalue weighted by Gasteiger charge is -2.36. The van der Waals surface area contributed by atoms with Gasteiger partial charge in [-0.05, 0) is 13.3 Å². The van der Waals surface area contributed by atoms with Gasteiger partial charge in [-0.25, -0.2) is 0 Å². The molecule has 0 saturated carbocycles. The highest BCUT2D eigenvalue weighted by Crippen LogP contribution is 2.42. The van der Waals surface area contributed by atoms with Gasteiger partial charge in [0, 0.05) is 12.1 Å². The zero-order chi connectivity index (χ0) is 15.7. The fourth-order valence-electron chi connectivity index (χ4n) is 2.84. The molecule has 1 atom stereocenters. The molecule has 1 aromatic carbocycles. The molecule has 0 saturated heterocycles. The number of hydrogen-bond donors (Lipinski definition) is 1. The Labute approximate surface area is 129 Å². The third-order valence-electron chi connectivity index (χ3n) is 3.80. The van der Waals surface area contributed by atoms with Crippen molar-refractivity contribution >= 4 is 23.1 Å². The first-order valence-corrected chi connectivity index (χ1v) is 7.61. The topological polar surface area (TPSA) is 67.9 Å². The first-order valence-electron chi connectivity index (χ1n) is 7.61. The number of nitrogens with one attached hydrogen (secondary N) is 1. The van der Waals surface area contributed by atoms with Crippen molar-refractivity contribution in [2.24, 2.45) is 0 Å². The minimum Gasteiger partial charge on any atom is -0.486 e. The molecule has 0 bridgehead atoms. The van der Waals surface area contributed by atoms with Gasteiger partial charge >= 0.3 is 0 Å². The van der Waals surface area contributed by atoms with Gasteiger partial charge in [-0.3, -0.25) is 9.59 Å². The summed E-state index contributed by atoms with van der Waals surface area (Å²) in [4.78, 5) is 25.7. The highest BCUT2D eigenvalue weighted by atomic mass is 16.6. The molecular formula is C16H20N2O4. The van der Waals surface area contributed by atoms with Gasteiger partial charge in [0.1, 0.15) is 25.0 Å². The van der Waals surface area contributed by atoms with Crippen molar-refractivity contribution in [3.05, 3.63) is 12.1 Å². The van der Waals surface area contributed by atoms with E-state index in [0.29, 0.717) is 30.4 Å². The summed E-state index contributed by atoms with van der Waals surface area (Å²) in [6.45, 7) is 4.59. The normalized spacial score (nSPS) is 19.5. The maximum absolute atomic E-state index is 12.6. The SMILES string of the molecule is CCCC1Nc2cc3c(cc2N(CC(C)=O)C1=O)OCCO3. The summed E-state index contributed by atoms with van der Waals surface area (Å²) in [7, 11) is 0. The molecule has 1 aromatic rings. The van der Waals surface area contributed by atoms with Crippen molar-refractivity contribution < 1.29 is 19.1 Å². The van der Waals surface area contributed by atoms with Crippen molar-refractivity contribution in [1.82, 2.24) is 0 Å². The number of ether oxygens (including phenoxy) is 2. The Hall–Kier alpha value is -2.24. The molecule has 2 aliphatic rings. The number of fused-ring (bicyclic) bond motifs is 2. The van der Waals surface area contributed by atoms with Crippen LogP contribution in [0.3, 0.4) is 0 Å². The second-order valence-corrected chi connectivity index (χ2v) is 5.63. The van der Waals surface area contributed by atoms with E-state index in [1.54, 1.807) is 11.0 Å². The van der Waals surface area contributed by atoms with Crippen LogP contribution in [0.25, 0.3) is 0 Å². The predicted octanol–water partition coefficient (Wildman–Crippen LogP) is 1.97. The third kappa shape index (κ3) is 2.61. The van der Waals surface area contributed by atoms with Crippen LogP contribution in [0.2, 0.25) is 0 Å². The van der Waals surface area contributed by atoms with Crippen molar-refractivity contribution in [2.45, 2.75) is 32.7 Å². The number of hydrogen-bond acceptors (Lipinski definition) is 5. The fraction of sp³-hybridized carbons (Fsp3) is 0.500. The molecule has 2 heterocycles. The molecule has 0 aliphatic carbocycles. The van der Waals surface area contributed by atoms with E-state index in [1.165, 1.54) is 6.92 Å². The fourth-order valence-corrected chi connectivity index (χ4v) is 2.84. The molecular weight excluding hydrogens is 284 g/mol. The summed E-state index contributed by atoms with van der Waals surface area (Å²) >= 11 is 0. The second-order valence-electron chi connectivity index (χ2n) is 5.63. The van der Waals surface area contributed by atoms with E-state index in [4.69, 9.17) is 9.47 Å². The van der Waals surface area contributed by atoms with Gasteiger partial charge in [0.05, 0.1) is 17.9 Å². The van der Waals surface area contributed by atoms with Crippen LogP contribution >= 0.6 is 0 Å². The molecule has 0 fully saturated rings. The molecule has 0 aromatic heterocycles. The minimum absolute atomic E-state index is 0.0497. The summed E-state index contributed by atoms with van der Waals surface area (Å²) < 4.78 is 11.2. The largest absolute Gasteiger partial charge is 0.486 e. The molecule has 1 unspecified atom stereocenters. The van der Waals surface area contributed by atoms with Crippen molar-refractivity contribution in [2.75, 3.05) is 30.0 Å². The van der Waals surface area contributed by atoms with Crippen LogP contribution in [-0.4, -0.2) is 37.5 Å². The molecule has 1 amide bonds. The Bertz CT molecular complexity index is 614. The van der Waals surface area contributed by atoms with E-state index in [-0.39, 0.29) is 24.3 Å². The Morgan fingerprint density at radius 1 is 1.32 bits per heavy atom. The van der Waals surface area contributed by atoms with Crippen LogP contribution in [0.5, 0.6) is 11.5 Å². The van der Waals surface area contributed by atoms with Crippen LogP contribution < -0.4 is 19.7 Å². The Kier molecular flexibility index (Phi) is 3.92. The number of rotatable bonds is 4. The van der Waals surface area contributed by atoms with Gasteiger partial charge < -0.3 is 19.7 Å². The summed E-state index contributed by atoms with van der Waals surface area (Å²) in [6.07, 6.45) is 1.61. The molecule has 0 radical (unpaired) electrons. The zero-order valence-corrected chi connectivity index (χ0v) is 12.8. The number of ketones is 1. The molecule has 6 nitrogen and oxygen atoms in total. The van der Waals surface area contributed by atoms with Crippen molar-refractivity contribution in [3.63, 3.8) is 0 Å². The van der Waals surface area contributed by atoms with E-state index in [2.05, 4.69) is 5.32 Å². The number of anilines is 2. The number of carbonyl (C=O) groups excluding carboxylic acids is 2. The summed E-state index contributed by atoms with van der Waals surface area (Å²) in [5, 5.41) is 3.26. The van der Waals surface area contributed by atoms with Crippen LogP contribution in [0.1, 0.15) is 26.7 Å². The number of amides is 1. The van der Waals surface area contributed by atoms with Crippen LogP contribution in [0.4, 0.5) is 11.4 Å². The third-order valence-corrected chi connectivity index (χ3v) is 3.80. The summed E-state index contributed by atoms with van der Waals surface area (Å²) in [5.74, 6) is 1.17. The lowest BCUT2D eigenvalue weighted by Crippen LogP contribution is -2.48. The zero-order valence-electron chi connectivity index (χ0n) is 12.8. The lowest BCUT2D eigenvalue weighted by atomic mass is 10.0. The van der Waals surface area contributed by atoms with Gasteiger partial charge in [-0.15, -0.1) is 0 Å². The van der Waals surface area contributed by atoms with Crippen molar-refractivity contribution in [1.29, 1.82) is 0 Å². The van der Waals surface area contributed by atoms with Crippen LogP contribution in [0, 0.1) is 0 Å². The highest BCUT2D eigenvalue weighted by molar-refractivity contribution is 6.08. The van der Waals surface area contributed by atoms with Crippen LogP contribution in [0.15, 0.2) is 12.1 Å². The van der Waals surface area contributed by atoms with Gasteiger partial charge in [-0.2, -0.15) is 0 Å². The van der Waals surface area contributed by atoms with E-state index in [0.717, 1.165) is 18.5 Å². The quantitative estimate of drug-likeness (QED) is 0.921. The number of Topliss-reactive ketones (excluding diaryl/α,β-unsaturated/α-hetero) is 1. The maximum atomic E-state index is 12.6. The van der Waals surface area contributed by atoms with Gasteiger partial charge in [0.15, 0.2) is 11.5 Å². The lowest BCUT2D eigenvalue weighted by molar-refractivity contribution is -0.122. The van der Waals surface area contributed by atoms with Gasteiger partial charge in [0.25, 0.3) is 0 Å². The second kappa shape index (κ2) is 5.87. The molecule has 22 heavy (non-hydrogen) atoms. The Balaban J connectivity index is 2.03. The minimum atomic E-state index is -0.306. The first kappa shape index (κ1) is 14.7. The smallest absolute Gasteiger partial charge is 0.249 e. The molecule has 118 valence electrons. The summed E-state index contributed by atoms with van der Waals surface area (Å²) in [6, 6.07) is 3.32. The van der Waals surface area contributed by atoms with E-state index in [9.17, 15) is 9.59 Å². The van der Waals surface area contributed by atoms with E-state index >= 15 is 0 Å². The molecule has 3 rings (SSSR count). The standard InChI is InChI=1S/C16H20N2O4/c1-3-4-11-16(20)18(9-10(2)19)13-8-15-14(7-12(13)17-11)21-5-6-22-15/h7-8,11,17H,3-6,9H2,1-2H3. The maximum Gasteiger partial charge on any atom is 0.249 e. The molecule has 6 heteroatoms. The van der Waals surface area contributed by atoms with E-state index in [1.807, 2.05) is 13.0 Å². The average molecular weight is 304 g/mol. The first-order chi connectivity index (χ1) is 10.6. The number of benzene rings is 1. The average Bonchev–Trinajstić information content (AvgIpc) is 2.50. The molecule has 1 N–H and O–H groups in total. The molecule has 2 aliphatic heterocycles. The van der Waals surface area contributed by atoms with Crippen LogP contribution in [-0.2, 0) is 9.59 Å². The Morgan fingerprint density at radius 3 is 2.64 bits per heavy atom. The number of carbonyl (C=O) groups is 2. The Morgan fingerprint density at radius 2 is 2.00 bits per heavy atom.